The number of amides is 2. The van der Waals surface area contributed by atoms with Crippen molar-refractivity contribution in [2.24, 2.45) is 5.92 Å². The summed E-state index contributed by atoms with van der Waals surface area (Å²) in [5.41, 5.74) is 1.34. The number of nitrogens with zero attached hydrogens (tertiary/aromatic N) is 1. The molecule has 1 aromatic carbocycles. The molecule has 0 unspecified atom stereocenters. The molecule has 1 aromatic rings. The number of ether oxygens (including phenoxy) is 1. The Balaban J connectivity index is 1.64. The molecule has 3 aliphatic rings. The van der Waals surface area contributed by atoms with Gasteiger partial charge in [0, 0.05) is 30.6 Å². The number of unbranched alkanes of at least 4 members (excludes halogenated alkanes) is 2. The molecule has 0 bridgehead atoms. The van der Waals surface area contributed by atoms with Crippen molar-refractivity contribution in [1.29, 1.82) is 0 Å². The SMILES string of the molecule is C=CCCCCC(=O)N(CC1CC1)[C@@H]1C=C(C(=O)NCCO)[C@@H]2c3ccccc3O[C@@H]2[C@H]1O. The molecule has 0 saturated heterocycles. The Morgan fingerprint density at radius 1 is 1.24 bits per heavy atom. The third kappa shape index (κ3) is 5.14. The second-order valence-electron chi connectivity index (χ2n) is 9.20. The van der Waals surface area contributed by atoms with Crippen LogP contribution in [-0.2, 0) is 9.59 Å². The fraction of sp³-hybridized carbons (Fsp3) is 0.538. The molecule has 7 heteroatoms. The number of carbonyl (C=O) groups is 2. The summed E-state index contributed by atoms with van der Waals surface area (Å²) < 4.78 is 6.13. The Hall–Kier alpha value is -2.64. The smallest absolute Gasteiger partial charge is 0.247 e. The molecular weight excluding hydrogens is 420 g/mol. The number of fused-ring (bicyclic) bond motifs is 3. The van der Waals surface area contributed by atoms with E-state index in [2.05, 4.69) is 11.9 Å². The first-order valence-corrected chi connectivity index (χ1v) is 12.0. The third-order valence-corrected chi connectivity index (χ3v) is 6.76. The number of benzene rings is 1. The highest BCUT2D eigenvalue weighted by atomic mass is 16.5. The topological polar surface area (TPSA) is 99.1 Å². The van der Waals surface area contributed by atoms with Gasteiger partial charge in [-0.3, -0.25) is 9.59 Å². The lowest BCUT2D eigenvalue weighted by molar-refractivity contribution is -0.137. The summed E-state index contributed by atoms with van der Waals surface area (Å²) in [7, 11) is 0. The highest BCUT2D eigenvalue weighted by Gasteiger charge is 2.50. The Morgan fingerprint density at radius 3 is 2.76 bits per heavy atom. The van der Waals surface area contributed by atoms with Crippen LogP contribution in [-0.4, -0.2) is 64.9 Å². The minimum absolute atomic E-state index is 0.00432. The van der Waals surface area contributed by atoms with Crippen LogP contribution in [0.2, 0.25) is 0 Å². The predicted molar refractivity (Wildman–Crippen MR) is 125 cm³/mol. The zero-order chi connectivity index (χ0) is 23.4. The Bertz CT molecular complexity index is 910. The van der Waals surface area contributed by atoms with E-state index in [-0.39, 0.29) is 25.0 Å². The summed E-state index contributed by atoms with van der Waals surface area (Å²) in [6.45, 7) is 4.28. The number of nitrogens with one attached hydrogen (secondary N) is 1. The van der Waals surface area contributed by atoms with Crippen molar-refractivity contribution in [3.05, 3.63) is 54.1 Å². The Morgan fingerprint density at radius 2 is 2.03 bits per heavy atom. The molecule has 2 aliphatic carbocycles. The van der Waals surface area contributed by atoms with E-state index >= 15 is 0 Å². The summed E-state index contributed by atoms with van der Waals surface area (Å²) in [5, 5.41) is 23.3. The molecule has 178 valence electrons. The van der Waals surface area contributed by atoms with Gasteiger partial charge in [-0.15, -0.1) is 6.58 Å². The number of carbonyl (C=O) groups excluding carboxylic acids is 2. The van der Waals surface area contributed by atoms with Crippen LogP contribution in [0.5, 0.6) is 5.75 Å². The quantitative estimate of drug-likeness (QED) is 0.352. The maximum atomic E-state index is 13.3. The van der Waals surface area contributed by atoms with Gasteiger partial charge in [0.25, 0.3) is 0 Å². The van der Waals surface area contributed by atoms with Crippen molar-refractivity contribution in [1.82, 2.24) is 10.2 Å². The molecule has 1 fully saturated rings. The second kappa shape index (κ2) is 10.5. The van der Waals surface area contributed by atoms with Crippen molar-refractivity contribution in [3.8, 4) is 5.75 Å². The summed E-state index contributed by atoms with van der Waals surface area (Å²) in [5.74, 6) is 0.361. The number of allylic oxidation sites excluding steroid dienone is 1. The number of aliphatic hydroxyl groups excluding tert-OH is 2. The number of hydrogen-bond donors (Lipinski definition) is 3. The van der Waals surface area contributed by atoms with E-state index in [0.717, 1.165) is 37.7 Å². The maximum Gasteiger partial charge on any atom is 0.247 e. The highest BCUT2D eigenvalue weighted by molar-refractivity contribution is 5.96. The van der Waals surface area contributed by atoms with E-state index in [9.17, 15) is 19.8 Å². The van der Waals surface area contributed by atoms with E-state index < -0.39 is 24.2 Å². The summed E-state index contributed by atoms with van der Waals surface area (Å²) in [6.07, 6.45) is 7.08. The van der Waals surface area contributed by atoms with E-state index in [1.165, 1.54) is 0 Å². The van der Waals surface area contributed by atoms with Gasteiger partial charge in [-0.2, -0.15) is 0 Å². The van der Waals surface area contributed by atoms with Gasteiger partial charge in [0.1, 0.15) is 18.0 Å². The zero-order valence-corrected chi connectivity index (χ0v) is 19.0. The average molecular weight is 455 g/mol. The van der Waals surface area contributed by atoms with Crippen LogP contribution in [0.15, 0.2) is 48.6 Å². The van der Waals surface area contributed by atoms with Crippen LogP contribution < -0.4 is 10.1 Å². The predicted octanol–water partition coefficient (Wildman–Crippen LogP) is 2.29. The largest absolute Gasteiger partial charge is 0.486 e. The standard InChI is InChI=1S/C26H34N2O5/c1-2-3-4-5-10-22(30)28(16-17-11-12-17)20-15-19(26(32)27-13-14-29)23-18-8-6-7-9-21(18)33-25(23)24(20)31/h2,6-9,15,17,20,23-25,29,31H,1,3-5,10-14,16H2,(H,27,32)/t20-,23+,24+,25+/m1/s1. The normalized spacial score (nSPS) is 25.3. The van der Waals surface area contributed by atoms with E-state index in [4.69, 9.17) is 4.74 Å². The molecule has 7 nitrogen and oxygen atoms in total. The van der Waals surface area contributed by atoms with Crippen molar-refractivity contribution >= 4 is 11.8 Å². The highest BCUT2D eigenvalue weighted by Crippen LogP contribution is 2.47. The summed E-state index contributed by atoms with van der Waals surface area (Å²) >= 11 is 0. The summed E-state index contributed by atoms with van der Waals surface area (Å²) in [6, 6.07) is 6.86. The van der Waals surface area contributed by atoms with Crippen LogP contribution in [0.1, 0.15) is 50.0 Å². The lowest BCUT2D eigenvalue weighted by Crippen LogP contribution is -2.56. The van der Waals surface area contributed by atoms with Gasteiger partial charge in [-0.1, -0.05) is 24.3 Å². The molecule has 33 heavy (non-hydrogen) atoms. The molecule has 1 aliphatic heterocycles. The molecule has 1 saturated carbocycles. The van der Waals surface area contributed by atoms with E-state index in [0.29, 0.717) is 30.2 Å². The molecule has 0 aromatic heterocycles. The fourth-order valence-corrected chi connectivity index (χ4v) is 4.87. The molecule has 4 atom stereocenters. The first kappa shape index (κ1) is 23.5. The van der Waals surface area contributed by atoms with Gasteiger partial charge in [-0.05, 0) is 50.2 Å². The number of aliphatic hydroxyl groups is 2. The van der Waals surface area contributed by atoms with Crippen molar-refractivity contribution in [3.63, 3.8) is 0 Å². The lowest BCUT2D eigenvalue weighted by Gasteiger charge is -2.41. The van der Waals surface area contributed by atoms with Gasteiger partial charge in [0.15, 0.2) is 0 Å². The van der Waals surface area contributed by atoms with Crippen molar-refractivity contribution in [2.75, 3.05) is 19.7 Å². The first-order valence-electron chi connectivity index (χ1n) is 12.0. The zero-order valence-electron chi connectivity index (χ0n) is 19.0. The fourth-order valence-electron chi connectivity index (χ4n) is 4.87. The van der Waals surface area contributed by atoms with Crippen LogP contribution in [0.3, 0.4) is 0 Å². The van der Waals surface area contributed by atoms with Crippen molar-refractivity contribution in [2.45, 2.75) is 62.7 Å². The molecule has 3 N–H and O–H groups in total. The van der Waals surface area contributed by atoms with Gasteiger partial charge >= 0.3 is 0 Å². The van der Waals surface area contributed by atoms with Crippen LogP contribution >= 0.6 is 0 Å². The molecule has 0 spiro atoms. The third-order valence-electron chi connectivity index (χ3n) is 6.76. The average Bonchev–Trinajstić information content (AvgIpc) is 3.56. The van der Waals surface area contributed by atoms with E-state index in [1.807, 2.05) is 30.3 Å². The van der Waals surface area contributed by atoms with Crippen molar-refractivity contribution < 1.29 is 24.5 Å². The Kier molecular flexibility index (Phi) is 7.50. The van der Waals surface area contributed by atoms with Gasteiger partial charge < -0.3 is 25.2 Å². The molecule has 4 rings (SSSR count). The van der Waals surface area contributed by atoms with Crippen LogP contribution in [0, 0.1) is 5.92 Å². The number of hydrogen-bond acceptors (Lipinski definition) is 5. The summed E-state index contributed by atoms with van der Waals surface area (Å²) in [4.78, 5) is 28.1. The molecule has 2 amide bonds. The van der Waals surface area contributed by atoms with Gasteiger partial charge in [-0.25, -0.2) is 0 Å². The second-order valence-corrected chi connectivity index (χ2v) is 9.20. The molecule has 0 radical (unpaired) electrons. The molecule has 1 heterocycles. The van der Waals surface area contributed by atoms with E-state index in [1.54, 1.807) is 11.0 Å². The molecular formula is C26H34N2O5. The van der Waals surface area contributed by atoms with Crippen LogP contribution in [0.4, 0.5) is 0 Å². The first-order chi connectivity index (χ1) is 16.0. The van der Waals surface area contributed by atoms with Crippen LogP contribution in [0.25, 0.3) is 0 Å². The Labute approximate surface area is 195 Å². The number of rotatable bonds is 11. The lowest BCUT2D eigenvalue weighted by atomic mass is 9.77. The monoisotopic (exact) mass is 454 g/mol. The minimum Gasteiger partial charge on any atom is -0.486 e. The number of para-hydroxylation sites is 1. The van der Waals surface area contributed by atoms with Gasteiger partial charge in [0.2, 0.25) is 11.8 Å². The maximum absolute atomic E-state index is 13.3. The van der Waals surface area contributed by atoms with Gasteiger partial charge in [0.05, 0.1) is 18.6 Å². The minimum atomic E-state index is -0.951.